The summed E-state index contributed by atoms with van der Waals surface area (Å²) in [6.45, 7) is 9.11. The predicted octanol–water partition coefficient (Wildman–Crippen LogP) is 3.58. The van der Waals surface area contributed by atoms with Crippen molar-refractivity contribution in [3.05, 3.63) is 47.7 Å². The standard InChI is InChI=1S/C22H26N4O2/c1-14-12-26(13-22(3,4)28-14)21(27)17-11-18(16-9-7-6-8-10-16)23-20-19(17)15(2)24-25(20)5/h6-11,14H,12-13H2,1-5H3. The van der Waals surface area contributed by atoms with E-state index in [-0.39, 0.29) is 17.6 Å². The number of aromatic nitrogens is 3. The van der Waals surface area contributed by atoms with Gasteiger partial charge in [-0.3, -0.25) is 9.48 Å². The maximum atomic E-state index is 13.6. The average Bonchev–Trinajstić information content (AvgIpc) is 2.93. The zero-order valence-corrected chi connectivity index (χ0v) is 17.1. The molecule has 1 amide bonds. The molecule has 0 spiro atoms. The fourth-order valence-electron chi connectivity index (χ4n) is 4.15. The van der Waals surface area contributed by atoms with E-state index in [0.29, 0.717) is 18.7 Å². The lowest BCUT2D eigenvalue weighted by atomic mass is 10.0. The number of hydrogen-bond acceptors (Lipinski definition) is 4. The summed E-state index contributed by atoms with van der Waals surface area (Å²) in [5, 5.41) is 5.34. The summed E-state index contributed by atoms with van der Waals surface area (Å²) < 4.78 is 7.73. The lowest BCUT2D eigenvalue weighted by molar-refractivity contribution is -0.118. The first kappa shape index (κ1) is 18.6. The second kappa shape index (κ2) is 6.71. The first-order chi connectivity index (χ1) is 13.2. The Morgan fingerprint density at radius 3 is 2.64 bits per heavy atom. The maximum absolute atomic E-state index is 13.6. The number of aryl methyl sites for hydroxylation is 2. The monoisotopic (exact) mass is 378 g/mol. The van der Waals surface area contributed by atoms with E-state index in [1.165, 1.54) is 0 Å². The van der Waals surface area contributed by atoms with Crippen LogP contribution in [0.15, 0.2) is 36.4 Å². The summed E-state index contributed by atoms with van der Waals surface area (Å²) in [5.41, 5.74) is 3.58. The number of benzene rings is 1. The highest BCUT2D eigenvalue weighted by Crippen LogP contribution is 2.29. The van der Waals surface area contributed by atoms with Gasteiger partial charge in [0.05, 0.1) is 34.0 Å². The minimum absolute atomic E-state index is 0.00362. The van der Waals surface area contributed by atoms with E-state index >= 15 is 0 Å². The molecule has 0 N–H and O–H groups in total. The number of morpholine rings is 1. The van der Waals surface area contributed by atoms with Crippen LogP contribution >= 0.6 is 0 Å². The lowest BCUT2D eigenvalue weighted by Gasteiger charge is -2.41. The summed E-state index contributed by atoms with van der Waals surface area (Å²) >= 11 is 0. The van der Waals surface area contributed by atoms with Gasteiger partial charge >= 0.3 is 0 Å². The molecule has 0 aliphatic carbocycles. The molecule has 1 saturated heterocycles. The third kappa shape index (κ3) is 3.29. The van der Waals surface area contributed by atoms with E-state index in [2.05, 4.69) is 5.10 Å². The number of nitrogens with zero attached hydrogens (tertiary/aromatic N) is 4. The molecule has 0 radical (unpaired) electrons. The van der Waals surface area contributed by atoms with Gasteiger partial charge in [0.1, 0.15) is 0 Å². The predicted molar refractivity (Wildman–Crippen MR) is 109 cm³/mol. The Morgan fingerprint density at radius 2 is 1.96 bits per heavy atom. The normalized spacial score (nSPS) is 19.2. The Balaban J connectivity index is 1.86. The molecule has 1 aliphatic heterocycles. The quantitative estimate of drug-likeness (QED) is 0.684. The van der Waals surface area contributed by atoms with E-state index in [1.807, 2.05) is 76.0 Å². The van der Waals surface area contributed by atoms with Gasteiger partial charge in [-0.05, 0) is 33.8 Å². The van der Waals surface area contributed by atoms with Crippen LogP contribution in [0.3, 0.4) is 0 Å². The van der Waals surface area contributed by atoms with E-state index in [1.54, 1.807) is 4.68 Å². The van der Waals surface area contributed by atoms with Gasteiger partial charge in [0, 0.05) is 25.7 Å². The van der Waals surface area contributed by atoms with Crippen LogP contribution < -0.4 is 0 Å². The Kier molecular flexibility index (Phi) is 4.46. The van der Waals surface area contributed by atoms with E-state index in [9.17, 15) is 4.79 Å². The van der Waals surface area contributed by atoms with Gasteiger partial charge in [-0.2, -0.15) is 5.10 Å². The molecular formula is C22H26N4O2. The van der Waals surface area contributed by atoms with Crippen molar-refractivity contribution >= 4 is 16.9 Å². The Labute approximate surface area is 165 Å². The van der Waals surface area contributed by atoms with Gasteiger partial charge in [-0.15, -0.1) is 0 Å². The minimum Gasteiger partial charge on any atom is -0.369 e. The largest absolute Gasteiger partial charge is 0.369 e. The second-order valence-electron chi connectivity index (χ2n) is 8.20. The van der Waals surface area contributed by atoms with Crippen molar-refractivity contribution in [2.75, 3.05) is 13.1 Å². The van der Waals surface area contributed by atoms with Gasteiger partial charge in [0.15, 0.2) is 5.65 Å². The van der Waals surface area contributed by atoms with Gasteiger partial charge in [0.2, 0.25) is 0 Å². The highest BCUT2D eigenvalue weighted by Gasteiger charge is 2.35. The molecule has 6 nitrogen and oxygen atoms in total. The molecule has 3 aromatic rings. The fraction of sp³-hybridized carbons (Fsp3) is 0.409. The average molecular weight is 378 g/mol. The Hall–Kier alpha value is -2.73. The molecule has 0 bridgehead atoms. The minimum atomic E-state index is -0.369. The molecule has 4 rings (SSSR count). The van der Waals surface area contributed by atoms with Crippen molar-refractivity contribution in [2.45, 2.75) is 39.4 Å². The van der Waals surface area contributed by atoms with Crippen LogP contribution in [-0.2, 0) is 11.8 Å². The zero-order valence-electron chi connectivity index (χ0n) is 17.1. The molecular weight excluding hydrogens is 352 g/mol. The van der Waals surface area contributed by atoms with Crippen molar-refractivity contribution < 1.29 is 9.53 Å². The van der Waals surface area contributed by atoms with Crippen LogP contribution in [0.2, 0.25) is 0 Å². The molecule has 1 aromatic carbocycles. The second-order valence-corrected chi connectivity index (χ2v) is 8.20. The van der Waals surface area contributed by atoms with E-state index < -0.39 is 0 Å². The van der Waals surface area contributed by atoms with Gasteiger partial charge < -0.3 is 9.64 Å². The topological polar surface area (TPSA) is 60.2 Å². The summed E-state index contributed by atoms with van der Waals surface area (Å²) in [7, 11) is 1.87. The first-order valence-electron chi connectivity index (χ1n) is 9.62. The summed E-state index contributed by atoms with van der Waals surface area (Å²) in [4.78, 5) is 20.3. The highest BCUT2D eigenvalue weighted by molar-refractivity contribution is 6.07. The van der Waals surface area contributed by atoms with Crippen LogP contribution in [0.1, 0.15) is 36.8 Å². The third-order valence-electron chi connectivity index (χ3n) is 5.13. The molecule has 0 saturated carbocycles. The summed E-state index contributed by atoms with van der Waals surface area (Å²) in [6.07, 6.45) is -0.00591. The van der Waals surface area contributed by atoms with Gasteiger partial charge in [-0.25, -0.2) is 4.98 Å². The molecule has 1 aliphatic rings. The molecule has 3 heterocycles. The van der Waals surface area contributed by atoms with E-state index in [0.717, 1.165) is 28.0 Å². The van der Waals surface area contributed by atoms with Crippen LogP contribution in [0.25, 0.3) is 22.3 Å². The van der Waals surface area contributed by atoms with Crippen LogP contribution in [-0.4, -0.2) is 50.4 Å². The Morgan fingerprint density at radius 1 is 1.25 bits per heavy atom. The maximum Gasteiger partial charge on any atom is 0.254 e. The number of amides is 1. The molecule has 2 aromatic heterocycles. The number of carbonyl (C=O) groups is 1. The van der Waals surface area contributed by atoms with Crippen molar-refractivity contribution in [1.82, 2.24) is 19.7 Å². The number of pyridine rings is 1. The van der Waals surface area contributed by atoms with Gasteiger partial charge in [0.25, 0.3) is 5.91 Å². The van der Waals surface area contributed by atoms with Crippen LogP contribution in [0.5, 0.6) is 0 Å². The third-order valence-corrected chi connectivity index (χ3v) is 5.13. The first-order valence-corrected chi connectivity index (χ1v) is 9.62. The van der Waals surface area contributed by atoms with Crippen molar-refractivity contribution in [3.8, 4) is 11.3 Å². The fourth-order valence-corrected chi connectivity index (χ4v) is 4.15. The molecule has 28 heavy (non-hydrogen) atoms. The number of rotatable bonds is 2. The summed E-state index contributed by atoms with van der Waals surface area (Å²) in [5.74, 6) is 0.00362. The molecule has 1 fully saturated rings. The smallest absolute Gasteiger partial charge is 0.254 e. The molecule has 6 heteroatoms. The SMILES string of the molecule is Cc1nn(C)c2nc(-c3ccccc3)cc(C(=O)N3CC(C)OC(C)(C)C3)c12. The Bertz CT molecular complexity index is 1040. The highest BCUT2D eigenvalue weighted by atomic mass is 16.5. The van der Waals surface area contributed by atoms with Crippen molar-refractivity contribution in [2.24, 2.45) is 7.05 Å². The molecule has 1 unspecified atom stereocenters. The van der Waals surface area contributed by atoms with Crippen LogP contribution in [0.4, 0.5) is 0 Å². The van der Waals surface area contributed by atoms with Gasteiger partial charge in [-0.1, -0.05) is 30.3 Å². The zero-order chi connectivity index (χ0) is 20.1. The molecule has 1 atom stereocenters. The number of ether oxygens (including phenoxy) is 1. The number of hydrogen-bond donors (Lipinski definition) is 0. The molecule has 146 valence electrons. The summed E-state index contributed by atoms with van der Waals surface area (Å²) in [6, 6.07) is 11.8. The number of carbonyl (C=O) groups excluding carboxylic acids is 1. The van der Waals surface area contributed by atoms with Crippen LogP contribution in [0, 0.1) is 6.92 Å². The number of fused-ring (bicyclic) bond motifs is 1. The van der Waals surface area contributed by atoms with Crippen molar-refractivity contribution in [3.63, 3.8) is 0 Å². The van der Waals surface area contributed by atoms with Crippen molar-refractivity contribution in [1.29, 1.82) is 0 Å². The lowest BCUT2D eigenvalue weighted by Crippen LogP contribution is -2.53. The van der Waals surface area contributed by atoms with E-state index in [4.69, 9.17) is 9.72 Å².